The van der Waals surface area contributed by atoms with E-state index in [2.05, 4.69) is 198 Å². The molecule has 0 aliphatic heterocycles. The topological polar surface area (TPSA) is 21.3 Å². The Morgan fingerprint density at radius 2 is 1.18 bits per heavy atom. The number of hydrogen-bond donors (Lipinski definition) is 0. The molecule has 0 unspecified atom stereocenters. The molecule has 0 amide bonds. The Morgan fingerprint density at radius 1 is 0.464 bits per heavy atom. The average molecular weight is 733 g/mol. The molecule has 0 saturated heterocycles. The Bertz CT molecular complexity index is 3490. The van der Waals surface area contributed by atoms with Crippen molar-refractivity contribution >= 4 is 103 Å². The third kappa shape index (κ3) is 4.63. The molecule has 9 aromatic carbocycles. The van der Waals surface area contributed by atoms with Crippen molar-refractivity contribution in [2.24, 2.45) is 0 Å². The Labute approximate surface area is 326 Å². The van der Waals surface area contributed by atoms with Crippen LogP contribution in [0, 0.1) is 0 Å². The van der Waals surface area contributed by atoms with E-state index in [1.807, 2.05) is 17.4 Å². The zero-order chi connectivity index (χ0) is 36.7. The van der Waals surface area contributed by atoms with Gasteiger partial charge in [-0.05, 0) is 83.2 Å². The summed E-state index contributed by atoms with van der Waals surface area (Å²) in [6.07, 6.45) is 0. The number of hydrogen-bond acceptors (Lipinski definition) is 3. The first kappa shape index (κ1) is 31.2. The molecule has 0 bridgehead atoms. The van der Waals surface area contributed by atoms with Crippen molar-refractivity contribution in [1.82, 2.24) is 4.57 Å². The zero-order valence-corrected chi connectivity index (χ0v) is 31.0. The van der Waals surface area contributed by atoms with Gasteiger partial charge < -0.3 is 13.9 Å². The summed E-state index contributed by atoms with van der Waals surface area (Å²) in [5.74, 6) is 0. The van der Waals surface area contributed by atoms with Crippen LogP contribution in [0.15, 0.2) is 199 Å². The minimum Gasteiger partial charge on any atom is -0.455 e. The maximum atomic E-state index is 6.69. The van der Waals surface area contributed by atoms with E-state index >= 15 is 0 Å². The van der Waals surface area contributed by atoms with Crippen molar-refractivity contribution in [3.05, 3.63) is 194 Å². The summed E-state index contributed by atoms with van der Waals surface area (Å²) in [6.45, 7) is 0. The van der Waals surface area contributed by atoms with E-state index in [1.54, 1.807) is 0 Å². The highest BCUT2D eigenvalue weighted by atomic mass is 32.1. The molecule has 0 atom stereocenters. The van der Waals surface area contributed by atoms with Crippen molar-refractivity contribution in [2.45, 2.75) is 0 Å². The molecule has 3 aromatic heterocycles. The van der Waals surface area contributed by atoms with Crippen molar-refractivity contribution in [2.75, 3.05) is 4.90 Å². The average Bonchev–Trinajstić information content (AvgIpc) is 3.94. The molecule has 0 spiro atoms. The maximum absolute atomic E-state index is 6.69. The molecule has 0 fully saturated rings. The van der Waals surface area contributed by atoms with E-state index in [9.17, 15) is 0 Å². The largest absolute Gasteiger partial charge is 0.455 e. The highest BCUT2D eigenvalue weighted by molar-refractivity contribution is 7.26. The summed E-state index contributed by atoms with van der Waals surface area (Å²) in [5.41, 5.74) is 10.8. The standard InChI is InChI=1S/C52H32N2OS/c1-2-16-35(17-3-1)53(45-25-12-15-33-14-4-5-18-38(33)45)36-30-34(39-22-13-23-43-41-20-8-11-27-49(41)56-52(39)43)31-37(32-36)54-46-24-9-6-21-44(46)50-47(54)29-28-42-40-19-7-10-26-48(40)55-51(42)50/h1-32H. The lowest BCUT2D eigenvalue weighted by atomic mass is 10.00. The third-order valence-corrected chi connectivity index (χ3v) is 12.6. The van der Waals surface area contributed by atoms with Crippen LogP contribution in [0.1, 0.15) is 0 Å². The quantitative estimate of drug-likeness (QED) is 0.176. The Hall–Kier alpha value is -7.14. The number of nitrogens with zero attached hydrogens (tertiary/aromatic N) is 2. The summed E-state index contributed by atoms with van der Waals surface area (Å²) >= 11 is 1.87. The number of rotatable bonds is 5. The number of para-hydroxylation sites is 3. The molecule has 0 saturated carbocycles. The predicted octanol–water partition coefficient (Wildman–Crippen LogP) is 15.3. The van der Waals surface area contributed by atoms with Gasteiger partial charge in [0.1, 0.15) is 11.2 Å². The molecule has 3 heterocycles. The maximum Gasteiger partial charge on any atom is 0.145 e. The van der Waals surface area contributed by atoms with Crippen LogP contribution in [0.5, 0.6) is 0 Å². The molecule has 262 valence electrons. The highest BCUT2D eigenvalue weighted by Crippen LogP contribution is 2.46. The van der Waals surface area contributed by atoms with Crippen LogP contribution in [0.4, 0.5) is 17.1 Å². The first-order valence-corrected chi connectivity index (χ1v) is 19.8. The van der Waals surface area contributed by atoms with Crippen LogP contribution in [-0.4, -0.2) is 4.57 Å². The van der Waals surface area contributed by atoms with Crippen LogP contribution >= 0.6 is 11.3 Å². The number of aromatic nitrogens is 1. The van der Waals surface area contributed by atoms with Gasteiger partial charge in [0.25, 0.3) is 0 Å². The molecule has 4 heteroatoms. The van der Waals surface area contributed by atoms with Gasteiger partial charge in [-0.15, -0.1) is 11.3 Å². The Morgan fingerprint density at radius 3 is 2.09 bits per heavy atom. The fourth-order valence-corrected chi connectivity index (χ4v) is 10.1. The second-order valence-electron chi connectivity index (χ2n) is 14.5. The molecule has 3 nitrogen and oxygen atoms in total. The monoisotopic (exact) mass is 732 g/mol. The SMILES string of the molecule is c1ccc(N(c2cc(-c3cccc4c3sc3ccccc34)cc(-n3c4ccccc4c4c5oc6ccccc6c5ccc43)c2)c2cccc3ccccc23)cc1. The Balaban J connectivity index is 1.20. The van der Waals surface area contributed by atoms with E-state index in [0.717, 1.165) is 66.7 Å². The van der Waals surface area contributed by atoms with Crippen LogP contribution < -0.4 is 4.90 Å². The lowest BCUT2D eigenvalue weighted by Gasteiger charge is -2.28. The van der Waals surface area contributed by atoms with Crippen molar-refractivity contribution in [3.63, 3.8) is 0 Å². The van der Waals surface area contributed by atoms with E-state index in [1.165, 1.54) is 41.9 Å². The highest BCUT2D eigenvalue weighted by Gasteiger charge is 2.22. The second kappa shape index (κ2) is 12.2. The molecule has 0 aliphatic carbocycles. The summed E-state index contributed by atoms with van der Waals surface area (Å²) in [6, 6.07) is 70.3. The molecule has 56 heavy (non-hydrogen) atoms. The van der Waals surface area contributed by atoms with Gasteiger partial charge in [0.05, 0.1) is 22.1 Å². The van der Waals surface area contributed by atoms with Gasteiger partial charge in [-0.25, -0.2) is 0 Å². The van der Waals surface area contributed by atoms with Gasteiger partial charge in [-0.1, -0.05) is 127 Å². The minimum absolute atomic E-state index is 0.904. The lowest BCUT2D eigenvalue weighted by molar-refractivity contribution is 0.673. The summed E-state index contributed by atoms with van der Waals surface area (Å²) < 4.78 is 11.7. The van der Waals surface area contributed by atoms with Crippen LogP contribution in [0.2, 0.25) is 0 Å². The predicted molar refractivity (Wildman–Crippen MR) is 239 cm³/mol. The van der Waals surface area contributed by atoms with E-state index < -0.39 is 0 Å². The second-order valence-corrected chi connectivity index (χ2v) is 15.5. The number of benzene rings is 9. The van der Waals surface area contributed by atoms with E-state index in [0.29, 0.717) is 0 Å². The summed E-state index contributed by atoms with van der Waals surface area (Å²) in [7, 11) is 0. The molecule has 12 aromatic rings. The molecule has 12 rings (SSSR count). The van der Waals surface area contributed by atoms with Gasteiger partial charge in [-0.3, -0.25) is 0 Å². The van der Waals surface area contributed by atoms with Crippen LogP contribution in [0.25, 0.3) is 91.5 Å². The number of thiophene rings is 1. The van der Waals surface area contributed by atoms with Gasteiger partial charge >= 0.3 is 0 Å². The zero-order valence-electron chi connectivity index (χ0n) is 30.2. The number of furan rings is 1. The smallest absolute Gasteiger partial charge is 0.145 e. The summed E-state index contributed by atoms with van der Waals surface area (Å²) in [5, 5.41) is 9.54. The van der Waals surface area contributed by atoms with Gasteiger partial charge in [-0.2, -0.15) is 0 Å². The normalized spacial score (nSPS) is 11.9. The summed E-state index contributed by atoms with van der Waals surface area (Å²) in [4.78, 5) is 2.42. The fraction of sp³-hybridized carbons (Fsp3) is 0. The molecule has 0 radical (unpaired) electrons. The molecular formula is C52H32N2OS. The minimum atomic E-state index is 0.904. The fourth-order valence-electron chi connectivity index (χ4n) is 8.90. The van der Waals surface area contributed by atoms with Crippen molar-refractivity contribution < 1.29 is 4.42 Å². The van der Waals surface area contributed by atoms with Crippen molar-refractivity contribution in [3.8, 4) is 16.8 Å². The number of anilines is 3. The van der Waals surface area contributed by atoms with Crippen molar-refractivity contribution in [1.29, 1.82) is 0 Å². The lowest BCUT2D eigenvalue weighted by Crippen LogP contribution is -2.11. The van der Waals surface area contributed by atoms with E-state index in [-0.39, 0.29) is 0 Å². The van der Waals surface area contributed by atoms with Crippen LogP contribution in [-0.2, 0) is 0 Å². The number of fused-ring (bicyclic) bond motifs is 11. The van der Waals surface area contributed by atoms with E-state index in [4.69, 9.17) is 4.42 Å². The molecular weight excluding hydrogens is 701 g/mol. The first-order chi connectivity index (χ1) is 27.8. The van der Waals surface area contributed by atoms with Gasteiger partial charge in [0.2, 0.25) is 0 Å². The van der Waals surface area contributed by atoms with Crippen LogP contribution in [0.3, 0.4) is 0 Å². The third-order valence-electron chi connectivity index (χ3n) is 11.3. The van der Waals surface area contributed by atoms with Gasteiger partial charge in [0.15, 0.2) is 0 Å². The molecule has 0 aliphatic rings. The first-order valence-electron chi connectivity index (χ1n) is 19.0. The Kier molecular flexibility index (Phi) is 6.80. The molecule has 0 N–H and O–H groups in total. The van der Waals surface area contributed by atoms with Gasteiger partial charge in [0, 0.05) is 58.8 Å².